The molecule has 10 atom stereocenters. The van der Waals surface area contributed by atoms with E-state index in [0.29, 0.717) is 11.3 Å². The Balaban J connectivity index is 1.12. The fourth-order valence-corrected chi connectivity index (χ4v) is 11.1. The molecule has 0 aromatic heterocycles. The second-order valence-electron chi connectivity index (χ2n) is 22.1. The first kappa shape index (κ1) is 63.2. The topological polar surface area (TPSA) is 278 Å². The van der Waals surface area contributed by atoms with Crippen LogP contribution in [0.1, 0.15) is 85.9 Å². The number of aliphatic hydroxyl groups is 2. The minimum atomic E-state index is -2.16. The predicted molar refractivity (Wildman–Crippen MR) is 318 cm³/mol. The molecule has 1 saturated heterocycles. The van der Waals surface area contributed by atoms with Crippen LogP contribution in [0.3, 0.4) is 0 Å². The van der Waals surface area contributed by atoms with Gasteiger partial charge in [0.15, 0.2) is 5.75 Å². The largest absolute Gasteiger partial charge is 0.507 e. The lowest BCUT2D eigenvalue weighted by atomic mass is 9.78. The number of halogens is 2. The van der Waals surface area contributed by atoms with Crippen molar-refractivity contribution in [1.82, 2.24) is 10.3 Å². The van der Waals surface area contributed by atoms with Crippen molar-refractivity contribution in [3.63, 3.8) is 0 Å². The minimum Gasteiger partial charge on any atom is -0.507 e. The third-order valence-corrected chi connectivity index (χ3v) is 16.2. The molecule has 86 heavy (non-hydrogen) atoms. The Bertz CT molecular complexity index is 3530. The fourth-order valence-electron chi connectivity index (χ4n) is 11.1. The molecule has 22 heteroatoms. The summed E-state index contributed by atoms with van der Waals surface area (Å²) >= 11 is 0. The van der Waals surface area contributed by atoms with E-state index in [-0.39, 0.29) is 77.2 Å². The minimum absolute atomic E-state index is 0.0191. The number of hydrogen-bond donors (Lipinski definition) is 8. The van der Waals surface area contributed by atoms with E-state index in [1.165, 1.54) is 89.6 Å². The molecule has 5 aromatic carbocycles. The number of hydrazone groups is 1. The maximum absolute atomic E-state index is 15.1. The number of carbonyl (C=O) groups is 5. The van der Waals surface area contributed by atoms with Crippen LogP contribution >= 0.6 is 0 Å². The van der Waals surface area contributed by atoms with Crippen LogP contribution < -0.4 is 25.6 Å². The first-order valence-corrected chi connectivity index (χ1v) is 28.2. The summed E-state index contributed by atoms with van der Waals surface area (Å²) in [6.45, 7) is 13.0. The van der Waals surface area contributed by atoms with Gasteiger partial charge >= 0.3 is 11.8 Å². The molecule has 4 aliphatic rings. The lowest BCUT2D eigenvalue weighted by Gasteiger charge is -2.38. The summed E-state index contributed by atoms with van der Waals surface area (Å²) in [6, 6.07) is 16.8. The predicted octanol–water partition coefficient (Wildman–Crippen LogP) is 8.17. The van der Waals surface area contributed by atoms with Gasteiger partial charge in [0.1, 0.15) is 41.0 Å². The van der Waals surface area contributed by atoms with E-state index in [2.05, 4.69) is 21.1 Å². The smallest absolute Gasteiger partial charge is 0.312 e. The quantitative estimate of drug-likeness (QED) is 0.0268. The molecule has 0 aliphatic carbocycles. The number of nitrogens with zero attached hydrogens (tertiary/aromatic N) is 3. The lowest BCUT2D eigenvalue weighted by molar-refractivity contribution is -0.160. The van der Waals surface area contributed by atoms with E-state index >= 15 is 4.39 Å². The van der Waals surface area contributed by atoms with E-state index in [4.69, 9.17) is 18.9 Å². The number of nitrogens with one attached hydrogen (secondary N) is 3. The van der Waals surface area contributed by atoms with Crippen molar-refractivity contribution < 1.29 is 77.2 Å². The molecule has 0 saturated carbocycles. The number of rotatable bonds is 11. The number of amides is 3. The number of methoxy groups -OCH3 is 1. The maximum atomic E-state index is 15.1. The van der Waals surface area contributed by atoms with Crippen LogP contribution in [0.15, 0.2) is 114 Å². The zero-order valence-electron chi connectivity index (χ0n) is 49.1. The van der Waals surface area contributed by atoms with E-state index in [9.17, 15) is 53.9 Å². The van der Waals surface area contributed by atoms with Crippen LogP contribution in [0, 0.1) is 42.2 Å². The van der Waals surface area contributed by atoms with Crippen molar-refractivity contribution in [2.24, 2.45) is 28.8 Å². The number of esters is 1. The number of ether oxygens (including phenoxy) is 4. The van der Waals surface area contributed by atoms with Crippen LogP contribution in [0.2, 0.25) is 0 Å². The zero-order valence-corrected chi connectivity index (χ0v) is 49.1. The summed E-state index contributed by atoms with van der Waals surface area (Å²) in [4.78, 5) is 70.8. The number of aromatic hydroxyl groups is 3. The molecule has 456 valence electrons. The number of aliphatic hydroxyl groups excluding tert-OH is 2. The molecule has 5 bridgehead atoms. The number of benzene rings is 5. The van der Waals surface area contributed by atoms with Gasteiger partial charge in [-0.15, -0.1) is 0 Å². The summed E-state index contributed by atoms with van der Waals surface area (Å²) in [5.41, 5.74) is 0.0289. The molecule has 0 spiro atoms. The van der Waals surface area contributed by atoms with Gasteiger partial charge < -0.3 is 65.3 Å². The van der Waals surface area contributed by atoms with Gasteiger partial charge in [0, 0.05) is 80.7 Å². The van der Waals surface area contributed by atoms with Crippen LogP contribution in [0.4, 0.5) is 25.8 Å². The van der Waals surface area contributed by atoms with Crippen molar-refractivity contribution in [3.8, 4) is 23.0 Å². The molecule has 8 N–H and O–H groups in total. The number of piperazine rings is 1. The average Bonchev–Trinajstić information content (AvgIpc) is 1.87. The molecule has 3 amide bonds. The van der Waals surface area contributed by atoms with Gasteiger partial charge in [-0.1, -0.05) is 88.4 Å². The number of fused-ring (bicyclic) bond motifs is 14. The number of phenols is 3. The molecule has 5 aromatic rings. The summed E-state index contributed by atoms with van der Waals surface area (Å²) < 4.78 is 53.6. The first-order chi connectivity index (χ1) is 40.8. The fraction of sp³-hybridized carbons (Fsp3) is 0.375. The normalized spacial score (nSPS) is 25.6. The highest BCUT2D eigenvalue weighted by atomic mass is 19.1. The number of ketones is 1. The molecular formula is C64H72F2N6O14. The van der Waals surface area contributed by atoms with E-state index in [0.717, 1.165) is 18.4 Å². The Labute approximate surface area is 496 Å². The van der Waals surface area contributed by atoms with Crippen LogP contribution in [0.5, 0.6) is 23.0 Å². The van der Waals surface area contributed by atoms with Crippen molar-refractivity contribution in [2.75, 3.05) is 48.8 Å². The van der Waals surface area contributed by atoms with E-state index in [1.54, 1.807) is 69.1 Å². The summed E-state index contributed by atoms with van der Waals surface area (Å²) in [5.74, 6) is -12.3. The Morgan fingerprint density at radius 1 is 0.872 bits per heavy atom. The molecule has 4 aliphatic heterocycles. The summed E-state index contributed by atoms with van der Waals surface area (Å²) in [5, 5.41) is 73.3. The maximum Gasteiger partial charge on any atom is 0.312 e. The number of phenolic OH excluding ortho intramolecular Hbond substituents is 3. The standard InChI is InChI=1S/C64H72F2N6O14/c1-33-16-15-17-34(2)61(80)70-52-43(32-67-72-27-25-71(26-28-72)47-23-22-41(65)31-45(47)68-63(82)46(30-40-18-11-10-12-19-40)69-62(81)42-20-13-14-21-44(42)66)56(77)49-50(57(52)78)55(76)38(6)59-51(49)60(79)64(8,86-59)84-29-24-48(83-9)35(3)58(85-39(7)73)37(5)54(75)36(4)53(33)74/h10-24,29,31-33,35-37,46,48,53-54,58,74-78H,25-28,30H2,1-9H3,(H,68,82)(H,69,81)(H,70,80)/b16-15+,29-24+,34-17-,67-32+/t33-,35+,36+,37+,46?,48-,53-,54+,58+,64-/m0/s1. The molecular weight excluding hydrogens is 1110 g/mol. The van der Waals surface area contributed by atoms with Crippen LogP contribution in [0.25, 0.3) is 10.8 Å². The first-order valence-electron chi connectivity index (χ1n) is 28.2. The summed E-state index contributed by atoms with van der Waals surface area (Å²) in [6.07, 6.45) is 4.27. The third-order valence-electron chi connectivity index (χ3n) is 16.2. The van der Waals surface area contributed by atoms with E-state index < -0.39 is 129 Å². The van der Waals surface area contributed by atoms with Gasteiger partial charge in [-0.2, -0.15) is 5.10 Å². The van der Waals surface area contributed by atoms with E-state index in [1.807, 2.05) is 4.90 Å². The number of anilines is 3. The highest BCUT2D eigenvalue weighted by Crippen LogP contribution is 2.55. The molecule has 20 nitrogen and oxygen atoms in total. The number of hydrogen-bond acceptors (Lipinski definition) is 17. The Morgan fingerprint density at radius 3 is 2.23 bits per heavy atom. The Hall–Kier alpha value is -8.86. The monoisotopic (exact) mass is 1190 g/mol. The van der Waals surface area contributed by atoms with Gasteiger partial charge in [0.2, 0.25) is 5.91 Å². The van der Waals surface area contributed by atoms with Crippen molar-refractivity contribution in [2.45, 2.75) is 98.1 Å². The van der Waals surface area contributed by atoms with Gasteiger partial charge in [-0.3, -0.25) is 29.0 Å². The Kier molecular flexibility index (Phi) is 19.5. The second-order valence-corrected chi connectivity index (χ2v) is 22.1. The lowest BCUT2D eigenvalue weighted by Crippen LogP contribution is -2.46. The van der Waals surface area contributed by atoms with Gasteiger partial charge in [-0.25, -0.2) is 8.78 Å². The highest BCUT2D eigenvalue weighted by Gasteiger charge is 2.50. The Morgan fingerprint density at radius 2 is 1.56 bits per heavy atom. The SMILES string of the molecule is CO[C@H]1/C=C/O[C@@]2(C)Oc3c(C)c(O)c4c(O)c(c(/C=N/N5CCN(c6ccc(F)cc6NC(=O)C(Cc6ccccc6)NC(=O)c6ccccc6F)CC5)c(O)c4c3C2=O)NC(=O)/C(C)=C\C=C\[C@H](C)[C@H](O)[C@@H](C)[C@@H](O)[C@@H](C)[C@H](OC(C)=O)[C@@H]1C. The summed E-state index contributed by atoms with van der Waals surface area (Å²) in [7, 11) is 1.41. The molecule has 4 heterocycles. The molecule has 1 fully saturated rings. The number of Topliss-reactive ketones (excluding diaryl/α,β-unsaturated/α-hetero) is 1. The zero-order chi connectivity index (χ0) is 62.5. The third kappa shape index (κ3) is 13.3. The highest BCUT2D eigenvalue weighted by molar-refractivity contribution is 6.24. The average molecular weight is 1190 g/mol. The van der Waals surface area contributed by atoms with Gasteiger partial charge in [-0.05, 0) is 55.8 Å². The van der Waals surface area contributed by atoms with Crippen LogP contribution in [-0.4, -0.2) is 136 Å². The van der Waals surface area contributed by atoms with Crippen molar-refractivity contribution in [3.05, 3.63) is 148 Å². The van der Waals surface area contributed by atoms with Crippen molar-refractivity contribution >= 4 is 63.5 Å². The van der Waals surface area contributed by atoms with Gasteiger partial charge in [0.25, 0.3) is 17.6 Å². The molecule has 0 radical (unpaired) electrons. The number of allylic oxidation sites excluding steroid dienone is 2. The van der Waals surface area contributed by atoms with Gasteiger partial charge in [0.05, 0.1) is 83.0 Å². The second kappa shape index (κ2) is 26.6. The molecule has 9 rings (SSSR count). The number of carbonyl (C=O) groups excluding carboxylic acids is 5. The molecule has 1 unspecified atom stereocenters. The van der Waals surface area contributed by atoms with Crippen LogP contribution in [-0.2, 0) is 35.0 Å². The van der Waals surface area contributed by atoms with Crippen molar-refractivity contribution in [1.29, 1.82) is 0 Å².